The Morgan fingerprint density at radius 3 is 2.58 bits per heavy atom. The zero-order valence-corrected chi connectivity index (χ0v) is 13.3. The number of fused-ring (bicyclic) bond motifs is 1. The number of carbonyl (C=O) groups is 1. The second-order valence-electron chi connectivity index (χ2n) is 5.84. The third-order valence-electron chi connectivity index (χ3n) is 4.27. The molecule has 2 N–H and O–H groups in total. The number of hydrogen-bond donors (Lipinski definition) is 2. The molecule has 24 heavy (non-hydrogen) atoms. The number of hydrogen-bond acceptors (Lipinski definition) is 4. The Labute approximate surface area is 140 Å². The number of phenols is 1. The van der Waals surface area contributed by atoms with Crippen LogP contribution in [-0.2, 0) is 4.79 Å². The fourth-order valence-corrected chi connectivity index (χ4v) is 2.98. The molecule has 1 aliphatic rings. The van der Waals surface area contributed by atoms with E-state index in [2.05, 4.69) is 5.32 Å². The number of phenolic OH excluding ortho intramolecular Hbond substituents is 1. The Kier molecular flexibility index (Phi) is 4.66. The molecule has 0 atom stereocenters. The van der Waals surface area contributed by atoms with Crippen molar-refractivity contribution in [2.45, 2.75) is 19.3 Å². The lowest BCUT2D eigenvalue weighted by Crippen LogP contribution is -2.36. The summed E-state index contributed by atoms with van der Waals surface area (Å²) < 4.78 is 0. The standard InChI is InChI=1S/C19H19N3O2/c20-12-14(19(24)22-10-2-1-3-11-22)13-21-17-8-4-7-16-15(17)6-5-9-18(16)23/h4-9,13,21,23H,1-3,10-11H2/b14-13-. The lowest BCUT2D eigenvalue weighted by Gasteiger charge is -2.26. The van der Waals surface area contributed by atoms with Gasteiger partial charge in [-0.05, 0) is 31.4 Å². The third-order valence-corrected chi connectivity index (χ3v) is 4.27. The van der Waals surface area contributed by atoms with Crippen molar-refractivity contribution >= 4 is 22.4 Å². The third kappa shape index (κ3) is 3.18. The highest BCUT2D eigenvalue weighted by atomic mass is 16.3. The van der Waals surface area contributed by atoms with E-state index in [1.54, 1.807) is 17.0 Å². The average molecular weight is 321 g/mol. The van der Waals surface area contributed by atoms with Crippen LogP contribution in [0.5, 0.6) is 5.75 Å². The molecule has 5 heteroatoms. The molecule has 122 valence electrons. The normalized spacial score (nSPS) is 15.1. The minimum absolute atomic E-state index is 0.0917. The number of aromatic hydroxyl groups is 1. The fraction of sp³-hybridized carbons (Fsp3) is 0.263. The van der Waals surface area contributed by atoms with Crippen LogP contribution in [0.4, 0.5) is 5.69 Å². The molecular formula is C19H19N3O2. The fourth-order valence-electron chi connectivity index (χ4n) is 2.98. The van der Waals surface area contributed by atoms with Gasteiger partial charge in [0, 0.05) is 35.7 Å². The van der Waals surface area contributed by atoms with Crippen LogP contribution >= 0.6 is 0 Å². The van der Waals surface area contributed by atoms with E-state index in [9.17, 15) is 15.2 Å². The summed E-state index contributed by atoms with van der Waals surface area (Å²) in [6.07, 6.45) is 4.56. The Hall–Kier alpha value is -3.00. The molecule has 1 amide bonds. The van der Waals surface area contributed by atoms with Gasteiger partial charge in [0.1, 0.15) is 17.4 Å². The topological polar surface area (TPSA) is 76.4 Å². The molecule has 0 radical (unpaired) electrons. The first kappa shape index (κ1) is 15.9. The van der Waals surface area contributed by atoms with Crippen molar-refractivity contribution in [2.75, 3.05) is 18.4 Å². The predicted octanol–water partition coefficient (Wildman–Crippen LogP) is 3.38. The quantitative estimate of drug-likeness (QED) is 0.671. The first-order chi connectivity index (χ1) is 11.7. The van der Waals surface area contributed by atoms with Crippen LogP contribution in [0.15, 0.2) is 48.2 Å². The van der Waals surface area contributed by atoms with Crippen LogP contribution in [0, 0.1) is 11.3 Å². The number of amides is 1. The molecule has 0 saturated carbocycles. The molecule has 0 unspecified atom stereocenters. The van der Waals surface area contributed by atoms with Crippen LogP contribution < -0.4 is 5.32 Å². The lowest BCUT2D eigenvalue weighted by atomic mass is 10.1. The summed E-state index contributed by atoms with van der Waals surface area (Å²) >= 11 is 0. The van der Waals surface area contributed by atoms with Gasteiger partial charge in [0.2, 0.25) is 0 Å². The van der Waals surface area contributed by atoms with Crippen molar-refractivity contribution in [3.05, 3.63) is 48.2 Å². The van der Waals surface area contributed by atoms with Gasteiger partial charge in [0.15, 0.2) is 0 Å². The maximum absolute atomic E-state index is 12.4. The molecule has 1 saturated heterocycles. The summed E-state index contributed by atoms with van der Waals surface area (Å²) in [6.45, 7) is 1.42. The summed E-state index contributed by atoms with van der Waals surface area (Å²) in [5.74, 6) is -0.0298. The van der Waals surface area contributed by atoms with Crippen molar-refractivity contribution < 1.29 is 9.90 Å². The van der Waals surface area contributed by atoms with Crippen molar-refractivity contribution in [3.8, 4) is 11.8 Å². The van der Waals surface area contributed by atoms with Crippen LogP contribution in [0.2, 0.25) is 0 Å². The van der Waals surface area contributed by atoms with E-state index >= 15 is 0 Å². The largest absolute Gasteiger partial charge is 0.507 e. The molecule has 0 spiro atoms. The summed E-state index contributed by atoms with van der Waals surface area (Å²) in [7, 11) is 0. The van der Waals surface area contributed by atoms with Gasteiger partial charge in [-0.2, -0.15) is 5.26 Å². The van der Waals surface area contributed by atoms with E-state index in [1.165, 1.54) is 6.20 Å². The summed E-state index contributed by atoms with van der Waals surface area (Å²) in [6, 6.07) is 12.7. The number of carbonyl (C=O) groups excluding carboxylic acids is 1. The smallest absolute Gasteiger partial charge is 0.266 e. The van der Waals surface area contributed by atoms with Gasteiger partial charge in [0.05, 0.1) is 0 Å². The molecule has 0 aromatic heterocycles. The monoisotopic (exact) mass is 321 g/mol. The molecule has 1 fully saturated rings. The zero-order chi connectivity index (χ0) is 16.9. The highest BCUT2D eigenvalue weighted by molar-refractivity contribution is 6.00. The summed E-state index contributed by atoms with van der Waals surface area (Å²) in [5, 5.41) is 23.8. The van der Waals surface area contributed by atoms with Gasteiger partial charge in [-0.25, -0.2) is 0 Å². The predicted molar refractivity (Wildman–Crippen MR) is 93.4 cm³/mol. The second kappa shape index (κ2) is 7.05. The average Bonchev–Trinajstić information content (AvgIpc) is 2.63. The Morgan fingerprint density at radius 1 is 1.12 bits per heavy atom. The van der Waals surface area contributed by atoms with Gasteiger partial charge < -0.3 is 15.3 Å². The molecule has 3 rings (SSSR count). The molecule has 0 bridgehead atoms. The highest BCUT2D eigenvalue weighted by Crippen LogP contribution is 2.29. The van der Waals surface area contributed by atoms with Gasteiger partial charge in [-0.1, -0.05) is 24.3 Å². The van der Waals surface area contributed by atoms with Gasteiger partial charge >= 0.3 is 0 Å². The number of rotatable bonds is 3. The van der Waals surface area contributed by atoms with Crippen LogP contribution in [-0.4, -0.2) is 29.0 Å². The minimum atomic E-state index is -0.229. The first-order valence-electron chi connectivity index (χ1n) is 8.07. The number of anilines is 1. The molecule has 5 nitrogen and oxygen atoms in total. The van der Waals surface area contributed by atoms with Crippen molar-refractivity contribution in [1.82, 2.24) is 4.90 Å². The number of nitrogens with zero attached hydrogens (tertiary/aromatic N) is 2. The van der Waals surface area contributed by atoms with E-state index < -0.39 is 0 Å². The zero-order valence-electron chi connectivity index (χ0n) is 13.3. The number of nitriles is 1. The highest BCUT2D eigenvalue weighted by Gasteiger charge is 2.20. The van der Waals surface area contributed by atoms with Crippen molar-refractivity contribution in [2.24, 2.45) is 0 Å². The number of likely N-dealkylation sites (tertiary alicyclic amines) is 1. The Morgan fingerprint density at radius 2 is 1.83 bits per heavy atom. The molecule has 2 aromatic rings. The van der Waals surface area contributed by atoms with Crippen molar-refractivity contribution in [3.63, 3.8) is 0 Å². The van der Waals surface area contributed by atoms with Crippen molar-refractivity contribution in [1.29, 1.82) is 5.26 Å². The maximum Gasteiger partial charge on any atom is 0.266 e. The van der Waals surface area contributed by atoms with Gasteiger partial charge in [0.25, 0.3) is 5.91 Å². The van der Waals surface area contributed by atoms with E-state index in [0.717, 1.165) is 35.7 Å². The van der Waals surface area contributed by atoms with Gasteiger partial charge in [-0.15, -0.1) is 0 Å². The SMILES string of the molecule is N#C/C(=C/Nc1cccc2c(O)cccc12)C(=O)N1CCCCC1. The molecule has 1 aliphatic heterocycles. The number of piperidine rings is 1. The maximum atomic E-state index is 12.4. The Balaban J connectivity index is 1.85. The molecular weight excluding hydrogens is 302 g/mol. The van der Waals surface area contributed by atoms with E-state index in [-0.39, 0.29) is 17.2 Å². The number of nitrogens with one attached hydrogen (secondary N) is 1. The minimum Gasteiger partial charge on any atom is -0.507 e. The summed E-state index contributed by atoms with van der Waals surface area (Å²) in [4.78, 5) is 14.2. The molecule has 2 aromatic carbocycles. The number of benzene rings is 2. The van der Waals surface area contributed by atoms with E-state index in [0.29, 0.717) is 13.1 Å². The van der Waals surface area contributed by atoms with E-state index in [4.69, 9.17) is 0 Å². The van der Waals surface area contributed by atoms with Crippen LogP contribution in [0.1, 0.15) is 19.3 Å². The second-order valence-corrected chi connectivity index (χ2v) is 5.84. The molecule has 0 aliphatic carbocycles. The first-order valence-corrected chi connectivity index (χ1v) is 8.07. The van der Waals surface area contributed by atoms with Crippen LogP contribution in [0.3, 0.4) is 0 Å². The summed E-state index contributed by atoms with van der Waals surface area (Å²) in [5.41, 5.74) is 0.830. The lowest BCUT2D eigenvalue weighted by molar-refractivity contribution is -0.127. The van der Waals surface area contributed by atoms with Crippen LogP contribution in [0.25, 0.3) is 10.8 Å². The molecule has 1 heterocycles. The van der Waals surface area contributed by atoms with E-state index in [1.807, 2.05) is 30.3 Å². The Bertz CT molecular complexity index is 830. The van der Waals surface area contributed by atoms with Gasteiger partial charge in [-0.3, -0.25) is 4.79 Å².